The number of ether oxygens (including phenoxy) is 2. The minimum absolute atomic E-state index is 0.0152. The van der Waals surface area contributed by atoms with Gasteiger partial charge in [-0.3, -0.25) is 9.10 Å². The lowest BCUT2D eigenvalue weighted by atomic mass is 10.1. The number of carbonyl (C=O) groups excluding carboxylic acids is 2. The van der Waals surface area contributed by atoms with Gasteiger partial charge in [0.05, 0.1) is 48.2 Å². The summed E-state index contributed by atoms with van der Waals surface area (Å²) >= 11 is 0. The minimum atomic E-state index is -4.11. The van der Waals surface area contributed by atoms with Gasteiger partial charge in [0, 0.05) is 5.56 Å². The maximum atomic E-state index is 14.0. The first-order valence-electron chi connectivity index (χ1n) is 14.3. The standard InChI is InChI=1S/C35H31N3O7S/c1-3-44-35(40)27-15-13-26(14-16-27)33-22-19-29(45-33)23-36-37-34(39)31-11-7-8-12-32(31)38(24-25-9-5-4-6-10-25)46(41,42)30-20-17-28(43-2)18-21-30/h4-23H,3,24H2,1-2H3,(H,37,39)/b36-23+. The Morgan fingerprint density at radius 3 is 2.26 bits per heavy atom. The Labute approximate surface area is 266 Å². The lowest BCUT2D eigenvalue weighted by Crippen LogP contribution is -2.33. The summed E-state index contributed by atoms with van der Waals surface area (Å²) in [5.74, 6) is 0.401. The summed E-state index contributed by atoms with van der Waals surface area (Å²) in [6.45, 7) is 2.02. The third-order valence-electron chi connectivity index (χ3n) is 6.90. The molecule has 5 aromatic rings. The SMILES string of the molecule is CCOC(=O)c1ccc(-c2ccc(/C=N/NC(=O)c3ccccc3N(Cc3ccccc3)S(=O)(=O)c3ccc(OC)cc3)o2)cc1. The highest BCUT2D eigenvalue weighted by Gasteiger charge is 2.28. The van der Waals surface area contributed by atoms with Gasteiger partial charge < -0.3 is 13.9 Å². The zero-order valence-corrected chi connectivity index (χ0v) is 25.9. The van der Waals surface area contributed by atoms with Crippen molar-refractivity contribution < 1.29 is 31.9 Å². The summed E-state index contributed by atoms with van der Waals surface area (Å²) in [5, 5.41) is 4.05. The minimum Gasteiger partial charge on any atom is -0.497 e. The van der Waals surface area contributed by atoms with Crippen LogP contribution in [0.5, 0.6) is 5.75 Å². The third kappa shape index (κ3) is 7.33. The van der Waals surface area contributed by atoms with E-state index in [4.69, 9.17) is 13.9 Å². The molecule has 11 heteroatoms. The Bertz CT molecular complexity index is 1940. The number of sulfonamides is 1. The second-order valence-electron chi connectivity index (χ2n) is 9.89. The van der Waals surface area contributed by atoms with Gasteiger partial charge in [-0.2, -0.15) is 5.10 Å². The third-order valence-corrected chi connectivity index (χ3v) is 8.67. The highest BCUT2D eigenvalue weighted by Crippen LogP contribution is 2.30. The van der Waals surface area contributed by atoms with Gasteiger partial charge in [-0.15, -0.1) is 0 Å². The smallest absolute Gasteiger partial charge is 0.338 e. The van der Waals surface area contributed by atoms with Gasteiger partial charge in [-0.1, -0.05) is 54.6 Å². The molecule has 1 N–H and O–H groups in total. The van der Waals surface area contributed by atoms with Crippen LogP contribution in [0.2, 0.25) is 0 Å². The number of hydrogen-bond acceptors (Lipinski definition) is 8. The van der Waals surface area contributed by atoms with Crippen molar-refractivity contribution in [3.63, 3.8) is 0 Å². The van der Waals surface area contributed by atoms with Gasteiger partial charge in [-0.25, -0.2) is 18.6 Å². The van der Waals surface area contributed by atoms with E-state index in [1.54, 1.807) is 73.7 Å². The van der Waals surface area contributed by atoms with Crippen molar-refractivity contribution in [2.45, 2.75) is 18.4 Å². The molecule has 0 saturated carbocycles. The van der Waals surface area contributed by atoms with Crippen LogP contribution in [0, 0.1) is 0 Å². The summed E-state index contributed by atoms with van der Waals surface area (Å²) in [6.07, 6.45) is 1.34. The topological polar surface area (TPSA) is 128 Å². The number of benzene rings is 4. The molecule has 0 unspecified atom stereocenters. The zero-order chi connectivity index (χ0) is 32.5. The summed E-state index contributed by atoms with van der Waals surface area (Å²) < 4.78 is 45.2. The molecule has 10 nitrogen and oxygen atoms in total. The summed E-state index contributed by atoms with van der Waals surface area (Å²) in [6, 6.07) is 31.8. The number of amides is 1. The van der Waals surface area contributed by atoms with E-state index >= 15 is 0 Å². The fourth-order valence-corrected chi connectivity index (χ4v) is 6.06. The van der Waals surface area contributed by atoms with Gasteiger partial charge in [-0.05, 0) is 73.2 Å². The molecule has 0 aliphatic rings. The molecule has 4 aromatic carbocycles. The highest BCUT2D eigenvalue weighted by molar-refractivity contribution is 7.92. The maximum Gasteiger partial charge on any atom is 0.338 e. The first kappa shape index (κ1) is 31.7. The quantitative estimate of drug-likeness (QED) is 0.0967. The van der Waals surface area contributed by atoms with E-state index in [0.717, 1.165) is 11.1 Å². The van der Waals surface area contributed by atoms with E-state index in [9.17, 15) is 18.0 Å². The van der Waals surface area contributed by atoms with Crippen LogP contribution in [0.1, 0.15) is 39.0 Å². The van der Waals surface area contributed by atoms with Gasteiger partial charge in [0.15, 0.2) is 0 Å². The molecule has 5 rings (SSSR count). The predicted octanol–water partition coefficient (Wildman–Crippen LogP) is 6.29. The lowest BCUT2D eigenvalue weighted by molar-refractivity contribution is 0.0526. The summed E-state index contributed by atoms with van der Waals surface area (Å²) in [7, 11) is -2.61. The molecule has 0 radical (unpaired) electrons. The number of hydrazone groups is 1. The molecule has 0 saturated heterocycles. The van der Waals surface area contributed by atoms with Crippen LogP contribution in [0.4, 0.5) is 5.69 Å². The van der Waals surface area contributed by atoms with E-state index in [2.05, 4.69) is 10.5 Å². The van der Waals surface area contributed by atoms with Crippen LogP contribution in [0.3, 0.4) is 0 Å². The van der Waals surface area contributed by atoms with Crippen LogP contribution >= 0.6 is 0 Å². The Morgan fingerprint density at radius 2 is 1.57 bits per heavy atom. The molecular weight excluding hydrogens is 606 g/mol. The number of nitrogens with one attached hydrogen (secondary N) is 1. The van der Waals surface area contributed by atoms with Crippen molar-refractivity contribution in [3.8, 4) is 17.1 Å². The van der Waals surface area contributed by atoms with Crippen LogP contribution in [-0.2, 0) is 21.3 Å². The second-order valence-corrected chi connectivity index (χ2v) is 11.8. The Balaban J connectivity index is 1.37. The molecule has 234 valence electrons. The molecule has 46 heavy (non-hydrogen) atoms. The fourth-order valence-electron chi connectivity index (χ4n) is 4.58. The first-order chi connectivity index (χ1) is 22.3. The summed E-state index contributed by atoms with van der Waals surface area (Å²) in [4.78, 5) is 25.3. The van der Waals surface area contributed by atoms with E-state index in [1.165, 1.54) is 35.8 Å². The van der Waals surface area contributed by atoms with Gasteiger partial charge in [0.25, 0.3) is 15.9 Å². The molecular formula is C35H31N3O7S. The Kier molecular flexibility index (Phi) is 9.94. The number of rotatable bonds is 12. The number of para-hydroxylation sites is 1. The van der Waals surface area contributed by atoms with Crippen molar-refractivity contribution in [1.29, 1.82) is 0 Å². The number of esters is 1. The molecule has 0 bridgehead atoms. The Morgan fingerprint density at radius 1 is 0.870 bits per heavy atom. The monoisotopic (exact) mass is 637 g/mol. The number of hydrogen-bond donors (Lipinski definition) is 1. The van der Waals surface area contributed by atoms with Crippen LogP contribution in [0.15, 0.2) is 130 Å². The van der Waals surface area contributed by atoms with Crippen molar-refractivity contribution in [3.05, 3.63) is 138 Å². The molecule has 0 aliphatic carbocycles. The van der Waals surface area contributed by atoms with Crippen LogP contribution in [-0.4, -0.2) is 40.2 Å². The van der Waals surface area contributed by atoms with Crippen molar-refractivity contribution in [2.24, 2.45) is 5.10 Å². The number of carbonyl (C=O) groups is 2. The largest absolute Gasteiger partial charge is 0.497 e. The molecule has 0 atom stereocenters. The van der Waals surface area contributed by atoms with Gasteiger partial charge >= 0.3 is 5.97 Å². The van der Waals surface area contributed by atoms with E-state index < -0.39 is 21.9 Å². The lowest BCUT2D eigenvalue weighted by Gasteiger charge is -2.26. The Hall–Kier alpha value is -5.68. The average Bonchev–Trinajstić information content (AvgIpc) is 3.56. The van der Waals surface area contributed by atoms with Gasteiger partial charge in [0.1, 0.15) is 17.3 Å². The van der Waals surface area contributed by atoms with E-state index in [1.807, 2.05) is 30.3 Å². The number of anilines is 1. The number of methoxy groups -OCH3 is 1. The molecule has 0 aliphatic heterocycles. The van der Waals surface area contributed by atoms with Crippen molar-refractivity contribution in [1.82, 2.24) is 5.43 Å². The number of furan rings is 1. The second kappa shape index (κ2) is 14.4. The molecule has 0 spiro atoms. The van der Waals surface area contributed by atoms with E-state index in [0.29, 0.717) is 29.4 Å². The highest BCUT2D eigenvalue weighted by atomic mass is 32.2. The maximum absolute atomic E-state index is 14.0. The molecule has 1 aromatic heterocycles. The van der Waals surface area contributed by atoms with Crippen molar-refractivity contribution >= 4 is 33.8 Å². The van der Waals surface area contributed by atoms with Crippen LogP contribution < -0.4 is 14.5 Å². The molecule has 1 amide bonds. The van der Waals surface area contributed by atoms with Crippen LogP contribution in [0.25, 0.3) is 11.3 Å². The zero-order valence-electron chi connectivity index (χ0n) is 25.1. The number of nitrogens with zero attached hydrogens (tertiary/aromatic N) is 2. The first-order valence-corrected chi connectivity index (χ1v) is 15.7. The predicted molar refractivity (Wildman–Crippen MR) is 174 cm³/mol. The fraction of sp³-hybridized carbons (Fsp3) is 0.114. The normalized spacial score (nSPS) is 11.3. The van der Waals surface area contributed by atoms with E-state index in [-0.39, 0.29) is 22.7 Å². The van der Waals surface area contributed by atoms with Gasteiger partial charge in [0.2, 0.25) is 0 Å². The molecule has 0 fully saturated rings. The van der Waals surface area contributed by atoms with Crippen molar-refractivity contribution in [2.75, 3.05) is 18.0 Å². The average molecular weight is 638 g/mol. The summed E-state index contributed by atoms with van der Waals surface area (Å²) in [5.41, 5.74) is 4.67. The molecule has 1 heterocycles.